The zero-order chi connectivity index (χ0) is 12.8. The molecular weight excluding hydrogens is 222 g/mol. The lowest BCUT2D eigenvalue weighted by atomic mass is 9.94. The Labute approximate surface area is 101 Å². The molecule has 3 atom stereocenters. The maximum atomic E-state index is 11.0. The second-order valence-corrected chi connectivity index (χ2v) is 4.49. The molecule has 0 aromatic rings. The van der Waals surface area contributed by atoms with Gasteiger partial charge in [0.25, 0.3) is 0 Å². The number of hydrogen-bond donors (Lipinski definition) is 2. The van der Waals surface area contributed by atoms with E-state index < -0.39 is 6.09 Å². The number of amides is 1. The van der Waals surface area contributed by atoms with Crippen LogP contribution < -0.4 is 5.32 Å². The topological polar surface area (TPSA) is 75.6 Å². The van der Waals surface area contributed by atoms with Gasteiger partial charge in [0.2, 0.25) is 0 Å². The van der Waals surface area contributed by atoms with E-state index in [1.807, 2.05) is 13.0 Å². The Kier molecular flexibility index (Phi) is 5.00. The van der Waals surface area contributed by atoms with E-state index in [9.17, 15) is 9.59 Å². The van der Waals surface area contributed by atoms with Crippen LogP contribution in [0.1, 0.15) is 32.6 Å². The summed E-state index contributed by atoms with van der Waals surface area (Å²) in [7, 11) is 0. The van der Waals surface area contributed by atoms with E-state index in [4.69, 9.17) is 9.84 Å². The van der Waals surface area contributed by atoms with Crippen LogP contribution in [0.3, 0.4) is 0 Å². The Morgan fingerprint density at radius 3 is 2.94 bits per heavy atom. The van der Waals surface area contributed by atoms with Crippen molar-refractivity contribution in [2.24, 2.45) is 5.92 Å². The number of carboxylic acid groups (broad SMARTS) is 1. The Hall–Kier alpha value is -1.52. The fourth-order valence-electron chi connectivity index (χ4n) is 2.11. The van der Waals surface area contributed by atoms with Crippen LogP contribution in [0, 0.1) is 5.92 Å². The van der Waals surface area contributed by atoms with Crippen LogP contribution >= 0.6 is 0 Å². The molecule has 0 aromatic carbocycles. The lowest BCUT2D eigenvalue weighted by Crippen LogP contribution is -2.43. The maximum Gasteiger partial charge on any atom is 0.405 e. The van der Waals surface area contributed by atoms with Crippen LogP contribution in [0.2, 0.25) is 0 Å². The van der Waals surface area contributed by atoms with Gasteiger partial charge in [0.05, 0.1) is 6.04 Å². The van der Waals surface area contributed by atoms with Gasteiger partial charge >= 0.3 is 12.1 Å². The normalized spacial score (nSPS) is 22.6. The van der Waals surface area contributed by atoms with Gasteiger partial charge in [-0.3, -0.25) is 4.79 Å². The minimum Gasteiger partial charge on any atom is -0.465 e. The summed E-state index contributed by atoms with van der Waals surface area (Å²) in [6.45, 7) is 5.68. The predicted octanol–water partition coefficient (Wildman–Crippen LogP) is 1.93. The maximum absolute atomic E-state index is 11.0. The van der Waals surface area contributed by atoms with Crippen molar-refractivity contribution in [1.29, 1.82) is 0 Å². The minimum atomic E-state index is -1.08. The van der Waals surface area contributed by atoms with Crippen molar-refractivity contribution in [1.82, 2.24) is 5.32 Å². The van der Waals surface area contributed by atoms with Gasteiger partial charge in [0.1, 0.15) is 6.10 Å². The average Bonchev–Trinajstić information content (AvgIpc) is 2.63. The van der Waals surface area contributed by atoms with Crippen LogP contribution in [0.4, 0.5) is 4.79 Å². The van der Waals surface area contributed by atoms with E-state index in [0.717, 1.165) is 6.42 Å². The summed E-state index contributed by atoms with van der Waals surface area (Å²) in [5.41, 5.74) is 0. The number of carbonyl (C=O) groups excluding carboxylic acids is 1. The molecule has 1 aliphatic heterocycles. The number of hydrogen-bond acceptors (Lipinski definition) is 3. The van der Waals surface area contributed by atoms with Crippen molar-refractivity contribution >= 4 is 12.1 Å². The highest BCUT2D eigenvalue weighted by Gasteiger charge is 2.32. The first-order valence-corrected chi connectivity index (χ1v) is 5.82. The number of rotatable bonds is 6. The summed E-state index contributed by atoms with van der Waals surface area (Å²) < 4.78 is 5.11. The van der Waals surface area contributed by atoms with E-state index in [0.29, 0.717) is 25.2 Å². The first kappa shape index (κ1) is 13.5. The zero-order valence-corrected chi connectivity index (χ0v) is 10.0. The molecule has 0 aromatic heterocycles. The first-order valence-electron chi connectivity index (χ1n) is 5.82. The molecule has 0 unspecified atom stereocenters. The van der Waals surface area contributed by atoms with Gasteiger partial charge in [-0.2, -0.15) is 0 Å². The molecule has 1 amide bonds. The second-order valence-electron chi connectivity index (χ2n) is 4.49. The Bertz CT molecular complexity index is 303. The standard InChI is InChI=1S/C12H19NO4/c1-3-4-8(2)7-9(13-12(15)16)10-5-6-11(14)17-10/h3,8-10,13H,1,4-7H2,2H3,(H,15,16)/t8-,9-,10-/m1/s1. The lowest BCUT2D eigenvalue weighted by molar-refractivity contribution is -0.142. The Morgan fingerprint density at radius 1 is 1.76 bits per heavy atom. The smallest absolute Gasteiger partial charge is 0.405 e. The number of cyclic esters (lactones) is 1. The van der Waals surface area contributed by atoms with Crippen LogP contribution in [-0.4, -0.2) is 29.3 Å². The van der Waals surface area contributed by atoms with Crippen molar-refractivity contribution in [2.45, 2.75) is 44.8 Å². The van der Waals surface area contributed by atoms with Gasteiger partial charge in [0, 0.05) is 6.42 Å². The molecule has 1 saturated heterocycles. The quantitative estimate of drug-likeness (QED) is 0.550. The van der Waals surface area contributed by atoms with Crippen LogP contribution in [0.25, 0.3) is 0 Å². The molecule has 5 nitrogen and oxygen atoms in total. The fourth-order valence-corrected chi connectivity index (χ4v) is 2.11. The summed E-state index contributed by atoms with van der Waals surface area (Å²) in [6.07, 6.45) is 2.83. The van der Waals surface area contributed by atoms with Crippen molar-refractivity contribution in [2.75, 3.05) is 0 Å². The molecule has 0 saturated carbocycles. The molecule has 5 heteroatoms. The molecule has 2 N–H and O–H groups in total. The van der Waals surface area contributed by atoms with E-state index in [-0.39, 0.29) is 18.1 Å². The molecule has 0 aliphatic carbocycles. The van der Waals surface area contributed by atoms with Gasteiger partial charge in [-0.25, -0.2) is 4.79 Å². The first-order chi connectivity index (χ1) is 8.02. The van der Waals surface area contributed by atoms with Crippen LogP contribution in [0.15, 0.2) is 12.7 Å². The van der Waals surface area contributed by atoms with Gasteiger partial charge in [-0.1, -0.05) is 13.0 Å². The van der Waals surface area contributed by atoms with Crippen molar-refractivity contribution in [3.63, 3.8) is 0 Å². The molecule has 1 rings (SSSR count). The minimum absolute atomic E-state index is 0.247. The largest absolute Gasteiger partial charge is 0.465 e. The second kappa shape index (κ2) is 6.27. The average molecular weight is 241 g/mol. The van der Waals surface area contributed by atoms with Crippen molar-refractivity contribution in [3.05, 3.63) is 12.7 Å². The lowest BCUT2D eigenvalue weighted by Gasteiger charge is -2.24. The highest BCUT2D eigenvalue weighted by Crippen LogP contribution is 2.22. The van der Waals surface area contributed by atoms with E-state index in [1.54, 1.807) is 0 Å². The van der Waals surface area contributed by atoms with Gasteiger partial charge in [-0.05, 0) is 25.2 Å². The zero-order valence-electron chi connectivity index (χ0n) is 10.0. The highest BCUT2D eigenvalue weighted by molar-refractivity contribution is 5.72. The van der Waals surface area contributed by atoms with Crippen molar-refractivity contribution < 1.29 is 19.4 Å². The van der Waals surface area contributed by atoms with Crippen LogP contribution in [0.5, 0.6) is 0 Å². The Balaban J connectivity index is 2.56. The van der Waals surface area contributed by atoms with Gasteiger partial charge < -0.3 is 15.2 Å². The summed E-state index contributed by atoms with van der Waals surface area (Å²) >= 11 is 0. The molecule has 0 radical (unpaired) electrons. The molecule has 1 fully saturated rings. The third kappa shape index (κ3) is 4.46. The Morgan fingerprint density at radius 2 is 2.47 bits per heavy atom. The van der Waals surface area contributed by atoms with E-state index >= 15 is 0 Å². The highest BCUT2D eigenvalue weighted by atomic mass is 16.6. The number of carbonyl (C=O) groups is 2. The summed E-state index contributed by atoms with van der Waals surface area (Å²) in [5.74, 6) is 0.0622. The van der Waals surface area contributed by atoms with Gasteiger partial charge in [0.15, 0.2) is 0 Å². The predicted molar refractivity (Wildman–Crippen MR) is 62.7 cm³/mol. The molecule has 0 bridgehead atoms. The molecule has 0 spiro atoms. The summed E-state index contributed by atoms with van der Waals surface area (Å²) in [4.78, 5) is 21.8. The molecule has 17 heavy (non-hydrogen) atoms. The third-order valence-corrected chi connectivity index (χ3v) is 2.90. The summed E-state index contributed by atoms with van der Waals surface area (Å²) in [6, 6.07) is -0.325. The van der Waals surface area contributed by atoms with Gasteiger partial charge in [-0.15, -0.1) is 6.58 Å². The van der Waals surface area contributed by atoms with Crippen molar-refractivity contribution in [3.8, 4) is 0 Å². The van der Waals surface area contributed by atoms with E-state index in [2.05, 4.69) is 11.9 Å². The van der Waals surface area contributed by atoms with E-state index in [1.165, 1.54) is 0 Å². The number of nitrogens with one attached hydrogen (secondary N) is 1. The third-order valence-electron chi connectivity index (χ3n) is 2.90. The molecule has 1 aliphatic rings. The summed E-state index contributed by atoms with van der Waals surface area (Å²) in [5, 5.41) is 11.2. The molecular formula is C12H19NO4. The van der Waals surface area contributed by atoms with Crippen LogP contribution in [-0.2, 0) is 9.53 Å². The molecule has 1 heterocycles. The number of ether oxygens (including phenoxy) is 1. The molecule has 96 valence electrons. The number of allylic oxidation sites excluding steroid dienone is 1. The fraction of sp³-hybridized carbons (Fsp3) is 0.667. The number of esters is 1. The SMILES string of the molecule is C=CC[C@@H](C)C[C@@H](NC(=O)O)[C@H]1CCC(=O)O1. The monoisotopic (exact) mass is 241 g/mol.